The normalized spacial score (nSPS) is 11.2. The summed E-state index contributed by atoms with van der Waals surface area (Å²) < 4.78 is 27.4. The van der Waals surface area contributed by atoms with Gasteiger partial charge < -0.3 is 0 Å². The largest absolute Gasteiger partial charge is 0.206 e. The van der Waals surface area contributed by atoms with Gasteiger partial charge in [-0.2, -0.15) is 15.5 Å². The van der Waals surface area contributed by atoms with Gasteiger partial charge in [0.2, 0.25) is 0 Å². The van der Waals surface area contributed by atoms with Crippen LogP contribution in [0.4, 0.5) is 8.78 Å². The Morgan fingerprint density at radius 3 is 2.18 bits per heavy atom. The molecule has 0 saturated heterocycles. The fraction of sp³-hybridized carbons (Fsp3) is 0.118. The Labute approximate surface area is 127 Å². The molecule has 0 aliphatic carbocycles. The molecule has 2 aromatic rings. The molecule has 0 heterocycles. The smallest absolute Gasteiger partial charge is 0.135 e. The van der Waals surface area contributed by atoms with Gasteiger partial charge in [-0.15, -0.1) is 0 Å². The molecule has 0 saturated carbocycles. The number of halogens is 2. The van der Waals surface area contributed by atoms with Crippen molar-refractivity contribution in [1.29, 1.82) is 5.26 Å². The molecular formula is C17H13F2N3. The monoisotopic (exact) mass is 297 g/mol. The van der Waals surface area contributed by atoms with Crippen LogP contribution in [0.1, 0.15) is 29.2 Å². The maximum Gasteiger partial charge on any atom is 0.135 e. The third-order valence-corrected chi connectivity index (χ3v) is 3.05. The molecule has 110 valence electrons. The van der Waals surface area contributed by atoms with E-state index in [4.69, 9.17) is 5.26 Å². The van der Waals surface area contributed by atoms with Crippen LogP contribution in [0.2, 0.25) is 0 Å². The van der Waals surface area contributed by atoms with E-state index in [9.17, 15) is 8.78 Å². The molecule has 0 aromatic heterocycles. The maximum atomic E-state index is 13.7. The lowest BCUT2D eigenvalue weighted by molar-refractivity contribution is 0.577. The number of rotatable bonds is 4. The van der Waals surface area contributed by atoms with E-state index in [2.05, 4.69) is 10.2 Å². The topological polar surface area (TPSA) is 48.5 Å². The van der Waals surface area contributed by atoms with E-state index < -0.39 is 11.6 Å². The van der Waals surface area contributed by atoms with Crippen LogP contribution >= 0.6 is 0 Å². The molecular weight excluding hydrogens is 284 g/mol. The first kappa shape index (κ1) is 15.5. The SMILES string of the molecule is CCc1cc(F)c(/C=N/N=C/c2ccc(C#N)cc2)c(F)c1. The molecule has 0 aliphatic heterocycles. The molecule has 0 bridgehead atoms. The average molecular weight is 297 g/mol. The van der Waals surface area contributed by atoms with Crippen LogP contribution in [0.3, 0.4) is 0 Å². The van der Waals surface area contributed by atoms with Crippen LogP contribution < -0.4 is 0 Å². The second-order valence-corrected chi connectivity index (χ2v) is 4.55. The van der Waals surface area contributed by atoms with Gasteiger partial charge >= 0.3 is 0 Å². The minimum atomic E-state index is -0.658. The van der Waals surface area contributed by atoms with E-state index >= 15 is 0 Å². The third kappa shape index (κ3) is 3.83. The first-order chi connectivity index (χ1) is 10.6. The van der Waals surface area contributed by atoms with Crippen molar-refractivity contribution in [2.75, 3.05) is 0 Å². The van der Waals surface area contributed by atoms with E-state index in [1.54, 1.807) is 24.3 Å². The number of nitriles is 1. The van der Waals surface area contributed by atoms with Crippen molar-refractivity contribution in [3.63, 3.8) is 0 Å². The highest BCUT2D eigenvalue weighted by atomic mass is 19.1. The van der Waals surface area contributed by atoms with Crippen LogP contribution in [0.5, 0.6) is 0 Å². The number of hydrogen-bond acceptors (Lipinski definition) is 3. The number of nitrogens with zero attached hydrogens (tertiary/aromatic N) is 3. The van der Waals surface area contributed by atoms with Gasteiger partial charge in [-0.25, -0.2) is 8.78 Å². The van der Waals surface area contributed by atoms with Gasteiger partial charge in [-0.1, -0.05) is 19.1 Å². The molecule has 0 atom stereocenters. The van der Waals surface area contributed by atoms with Crippen LogP contribution in [0, 0.1) is 23.0 Å². The summed E-state index contributed by atoms with van der Waals surface area (Å²) in [5.41, 5.74) is 1.65. The van der Waals surface area contributed by atoms with E-state index in [1.807, 2.05) is 13.0 Å². The number of aryl methyl sites for hydroxylation is 1. The van der Waals surface area contributed by atoms with Gasteiger partial charge in [0.1, 0.15) is 11.6 Å². The summed E-state index contributed by atoms with van der Waals surface area (Å²) in [6.07, 6.45) is 3.04. The van der Waals surface area contributed by atoms with Gasteiger partial charge in [-0.3, -0.25) is 0 Å². The van der Waals surface area contributed by atoms with E-state index in [1.165, 1.54) is 18.3 Å². The summed E-state index contributed by atoms with van der Waals surface area (Å²) in [4.78, 5) is 0. The lowest BCUT2D eigenvalue weighted by atomic mass is 10.1. The molecule has 3 nitrogen and oxygen atoms in total. The number of benzene rings is 2. The van der Waals surface area contributed by atoms with Crippen LogP contribution in [-0.4, -0.2) is 12.4 Å². The lowest BCUT2D eigenvalue weighted by Crippen LogP contribution is -1.96. The van der Waals surface area contributed by atoms with Crippen molar-refractivity contribution in [1.82, 2.24) is 0 Å². The lowest BCUT2D eigenvalue weighted by Gasteiger charge is -2.01. The van der Waals surface area contributed by atoms with Crippen LogP contribution in [0.25, 0.3) is 0 Å². The predicted molar refractivity (Wildman–Crippen MR) is 82.1 cm³/mol. The molecule has 0 unspecified atom stereocenters. The van der Waals surface area contributed by atoms with Crippen molar-refractivity contribution in [2.45, 2.75) is 13.3 Å². The van der Waals surface area contributed by atoms with Gasteiger partial charge in [0.25, 0.3) is 0 Å². The zero-order valence-corrected chi connectivity index (χ0v) is 11.9. The standard InChI is InChI=1S/C17H13F2N3/c1-2-12-7-16(18)15(17(19)8-12)11-22-21-10-14-5-3-13(9-20)4-6-14/h3-8,10-11H,2H2,1H3/b21-10+,22-11+. The summed E-state index contributed by atoms with van der Waals surface area (Å²) in [7, 11) is 0. The molecule has 5 heteroatoms. The highest BCUT2D eigenvalue weighted by Crippen LogP contribution is 2.14. The fourth-order valence-corrected chi connectivity index (χ4v) is 1.80. The van der Waals surface area contributed by atoms with Gasteiger partial charge in [0, 0.05) is 0 Å². The molecule has 0 spiro atoms. The minimum Gasteiger partial charge on any atom is -0.206 e. The Bertz CT molecular complexity index is 733. The minimum absolute atomic E-state index is 0.214. The second kappa shape index (κ2) is 7.23. The Balaban J connectivity index is 2.12. The first-order valence-corrected chi connectivity index (χ1v) is 6.68. The van der Waals surface area contributed by atoms with E-state index in [0.29, 0.717) is 17.5 Å². The molecule has 2 rings (SSSR count). The summed E-state index contributed by atoms with van der Waals surface area (Å²) >= 11 is 0. The quantitative estimate of drug-likeness (QED) is 0.624. The molecule has 0 radical (unpaired) electrons. The van der Waals surface area contributed by atoms with Crippen molar-refractivity contribution < 1.29 is 8.78 Å². The van der Waals surface area contributed by atoms with Gasteiger partial charge in [0.05, 0.1) is 29.6 Å². The molecule has 0 amide bonds. The first-order valence-electron chi connectivity index (χ1n) is 6.68. The summed E-state index contributed by atoms with van der Waals surface area (Å²) in [6, 6.07) is 11.3. The Kier molecular flexibility index (Phi) is 5.10. The summed E-state index contributed by atoms with van der Waals surface area (Å²) in [6.45, 7) is 1.82. The predicted octanol–water partition coefficient (Wildman–Crippen LogP) is 3.85. The fourth-order valence-electron chi connectivity index (χ4n) is 1.80. The number of hydrogen-bond donors (Lipinski definition) is 0. The van der Waals surface area contributed by atoms with Crippen molar-refractivity contribution in [3.05, 3.63) is 70.3 Å². The van der Waals surface area contributed by atoms with Crippen LogP contribution in [0.15, 0.2) is 46.6 Å². The van der Waals surface area contributed by atoms with Gasteiger partial charge in [-0.05, 0) is 41.8 Å². The van der Waals surface area contributed by atoms with E-state index in [0.717, 1.165) is 11.8 Å². The van der Waals surface area contributed by atoms with Crippen molar-refractivity contribution >= 4 is 12.4 Å². The third-order valence-electron chi connectivity index (χ3n) is 3.05. The maximum absolute atomic E-state index is 13.7. The zero-order valence-electron chi connectivity index (χ0n) is 11.9. The summed E-state index contributed by atoms with van der Waals surface area (Å²) in [5.74, 6) is -1.32. The molecule has 2 aromatic carbocycles. The van der Waals surface area contributed by atoms with E-state index in [-0.39, 0.29) is 5.56 Å². The average Bonchev–Trinajstić information content (AvgIpc) is 2.53. The second-order valence-electron chi connectivity index (χ2n) is 4.55. The Hall–Kier alpha value is -2.87. The van der Waals surface area contributed by atoms with Crippen molar-refractivity contribution in [2.24, 2.45) is 10.2 Å². The van der Waals surface area contributed by atoms with Gasteiger partial charge in [0.15, 0.2) is 0 Å². The molecule has 0 aliphatic rings. The summed E-state index contributed by atoms with van der Waals surface area (Å²) in [5, 5.41) is 16.1. The highest BCUT2D eigenvalue weighted by molar-refractivity contribution is 5.83. The highest BCUT2D eigenvalue weighted by Gasteiger charge is 2.08. The molecule has 22 heavy (non-hydrogen) atoms. The Morgan fingerprint density at radius 1 is 1.05 bits per heavy atom. The Morgan fingerprint density at radius 2 is 1.64 bits per heavy atom. The molecule has 0 N–H and O–H groups in total. The van der Waals surface area contributed by atoms with Crippen molar-refractivity contribution in [3.8, 4) is 6.07 Å². The molecule has 0 fully saturated rings. The van der Waals surface area contributed by atoms with Crippen LogP contribution in [-0.2, 0) is 6.42 Å². The zero-order chi connectivity index (χ0) is 15.9.